The molecule has 0 atom stereocenters. The molecule has 1 saturated heterocycles. The minimum atomic E-state index is -0.0112. The molecule has 6 heteroatoms. The number of rotatable bonds is 5. The lowest BCUT2D eigenvalue weighted by Crippen LogP contribution is -2.43. The standard InChI is InChI=1S/C22H25N3O3/c26-20-7-4-10-23(20)16-22(28)25-12-9-18-13-21(27)24(14-19(18)15-25)11-8-17-5-2-1-3-6-17/h1-3,5-6,13-14H,4,7-12,15-16H2. The number of amides is 2. The van der Waals surface area contributed by atoms with Crippen molar-refractivity contribution in [2.75, 3.05) is 19.6 Å². The zero-order valence-electron chi connectivity index (χ0n) is 16.0. The summed E-state index contributed by atoms with van der Waals surface area (Å²) in [5.74, 6) is 0.0587. The molecule has 4 rings (SSSR count). The number of hydrogen-bond donors (Lipinski definition) is 0. The second-order valence-corrected chi connectivity index (χ2v) is 7.58. The van der Waals surface area contributed by atoms with Gasteiger partial charge in [-0.1, -0.05) is 30.3 Å². The Balaban J connectivity index is 1.44. The first-order chi connectivity index (χ1) is 13.6. The Hall–Kier alpha value is -2.89. The van der Waals surface area contributed by atoms with Gasteiger partial charge >= 0.3 is 0 Å². The summed E-state index contributed by atoms with van der Waals surface area (Å²) in [4.78, 5) is 40.3. The molecule has 0 saturated carbocycles. The third kappa shape index (κ3) is 4.01. The molecular weight excluding hydrogens is 354 g/mol. The van der Waals surface area contributed by atoms with E-state index in [4.69, 9.17) is 0 Å². The average Bonchev–Trinajstić information content (AvgIpc) is 3.11. The first-order valence-corrected chi connectivity index (χ1v) is 9.92. The molecule has 6 nitrogen and oxygen atoms in total. The van der Waals surface area contributed by atoms with Gasteiger partial charge in [0.05, 0.1) is 6.54 Å². The van der Waals surface area contributed by atoms with Crippen molar-refractivity contribution in [3.63, 3.8) is 0 Å². The normalized spacial score (nSPS) is 16.4. The third-order valence-corrected chi connectivity index (χ3v) is 5.65. The van der Waals surface area contributed by atoms with Gasteiger partial charge in [0.2, 0.25) is 11.8 Å². The second kappa shape index (κ2) is 8.00. The number of hydrogen-bond acceptors (Lipinski definition) is 3. The number of pyridine rings is 1. The van der Waals surface area contributed by atoms with Gasteiger partial charge in [-0.2, -0.15) is 0 Å². The number of benzene rings is 1. The van der Waals surface area contributed by atoms with Crippen LogP contribution in [0.25, 0.3) is 0 Å². The lowest BCUT2D eigenvalue weighted by molar-refractivity contribution is -0.139. The zero-order chi connectivity index (χ0) is 19.5. The lowest BCUT2D eigenvalue weighted by atomic mass is 10.0. The number of fused-ring (bicyclic) bond motifs is 1. The Morgan fingerprint density at radius 1 is 1.00 bits per heavy atom. The largest absolute Gasteiger partial charge is 0.336 e. The number of carbonyl (C=O) groups excluding carboxylic acids is 2. The van der Waals surface area contributed by atoms with Crippen LogP contribution in [0.3, 0.4) is 0 Å². The van der Waals surface area contributed by atoms with E-state index in [1.807, 2.05) is 24.4 Å². The molecule has 28 heavy (non-hydrogen) atoms. The van der Waals surface area contributed by atoms with Crippen molar-refractivity contribution in [2.24, 2.45) is 0 Å². The molecule has 2 aliphatic heterocycles. The lowest BCUT2D eigenvalue weighted by Gasteiger charge is -2.30. The summed E-state index contributed by atoms with van der Waals surface area (Å²) in [6.07, 6.45) is 4.76. The number of aromatic nitrogens is 1. The van der Waals surface area contributed by atoms with Crippen molar-refractivity contribution in [3.05, 3.63) is 69.6 Å². The Morgan fingerprint density at radius 2 is 1.82 bits per heavy atom. The maximum absolute atomic E-state index is 12.6. The van der Waals surface area contributed by atoms with Crippen LogP contribution >= 0.6 is 0 Å². The van der Waals surface area contributed by atoms with Gasteiger partial charge in [-0.25, -0.2) is 0 Å². The van der Waals surface area contributed by atoms with Crippen LogP contribution < -0.4 is 5.56 Å². The molecule has 146 valence electrons. The highest BCUT2D eigenvalue weighted by atomic mass is 16.2. The molecule has 2 amide bonds. The van der Waals surface area contributed by atoms with Gasteiger partial charge in [-0.3, -0.25) is 14.4 Å². The quantitative estimate of drug-likeness (QED) is 0.793. The highest BCUT2D eigenvalue weighted by Crippen LogP contribution is 2.18. The van der Waals surface area contributed by atoms with Crippen LogP contribution in [0.2, 0.25) is 0 Å². The van der Waals surface area contributed by atoms with Crippen LogP contribution in [0.5, 0.6) is 0 Å². The Morgan fingerprint density at radius 3 is 2.57 bits per heavy atom. The van der Waals surface area contributed by atoms with Gasteiger partial charge < -0.3 is 14.4 Å². The predicted molar refractivity (Wildman–Crippen MR) is 106 cm³/mol. The maximum Gasteiger partial charge on any atom is 0.250 e. The van der Waals surface area contributed by atoms with Crippen molar-refractivity contribution in [1.82, 2.24) is 14.4 Å². The Kier molecular flexibility index (Phi) is 5.28. The zero-order valence-corrected chi connectivity index (χ0v) is 16.0. The summed E-state index contributed by atoms with van der Waals surface area (Å²) in [7, 11) is 0. The highest BCUT2D eigenvalue weighted by Gasteiger charge is 2.27. The van der Waals surface area contributed by atoms with Crippen LogP contribution in [0.4, 0.5) is 0 Å². The number of likely N-dealkylation sites (tertiary alicyclic amines) is 1. The SMILES string of the molecule is O=C1CCCN1CC(=O)N1CCc2cc(=O)n(CCc3ccccc3)cc2C1. The van der Waals surface area contributed by atoms with E-state index in [0.29, 0.717) is 39.0 Å². The van der Waals surface area contributed by atoms with E-state index in [9.17, 15) is 14.4 Å². The van der Waals surface area contributed by atoms with Gasteiger partial charge in [0.15, 0.2) is 0 Å². The van der Waals surface area contributed by atoms with Crippen molar-refractivity contribution in [1.29, 1.82) is 0 Å². The topological polar surface area (TPSA) is 62.6 Å². The van der Waals surface area contributed by atoms with E-state index in [1.165, 1.54) is 5.56 Å². The fraction of sp³-hybridized carbons (Fsp3) is 0.409. The fourth-order valence-corrected chi connectivity index (χ4v) is 3.99. The number of nitrogens with zero attached hydrogens (tertiary/aromatic N) is 3. The van der Waals surface area contributed by atoms with Crippen LogP contribution in [0.15, 0.2) is 47.4 Å². The van der Waals surface area contributed by atoms with Crippen LogP contribution in [0.1, 0.15) is 29.5 Å². The summed E-state index contributed by atoms with van der Waals surface area (Å²) in [5.41, 5.74) is 3.26. The molecule has 2 aromatic rings. The maximum atomic E-state index is 12.6. The molecule has 0 aliphatic carbocycles. The molecule has 0 unspecified atom stereocenters. The summed E-state index contributed by atoms with van der Waals surface area (Å²) in [6.45, 7) is 2.56. The van der Waals surface area contributed by atoms with E-state index in [0.717, 1.165) is 24.0 Å². The Labute approximate surface area is 164 Å². The molecule has 1 fully saturated rings. The minimum absolute atomic E-state index is 0.0112. The molecule has 2 aliphatic rings. The van der Waals surface area contributed by atoms with Crippen molar-refractivity contribution >= 4 is 11.8 Å². The van der Waals surface area contributed by atoms with Gasteiger partial charge in [0, 0.05) is 44.9 Å². The summed E-state index contributed by atoms with van der Waals surface area (Å²) in [5, 5.41) is 0. The van der Waals surface area contributed by atoms with Crippen LogP contribution in [-0.2, 0) is 35.5 Å². The molecular formula is C22H25N3O3. The predicted octanol–water partition coefficient (Wildman–Crippen LogP) is 1.60. The fourth-order valence-electron chi connectivity index (χ4n) is 3.99. The van der Waals surface area contributed by atoms with Crippen LogP contribution in [0, 0.1) is 0 Å². The molecule has 0 spiro atoms. The van der Waals surface area contributed by atoms with E-state index in [-0.39, 0.29) is 23.9 Å². The number of carbonyl (C=O) groups is 2. The van der Waals surface area contributed by atoms with Gasteiger partial charge in [-0.05, 0) is 36.0 Å². The molecule has 0 N–H and O–H groups in total. The summed E-state index contributed by atoms with van der Waals surface area (Å²) >= 11 is 0. The number of aryl methyl sites for hydroxylation is 2. The second-order valence-electron chi connectivity index (χ2n) is 7.58. The molecule has 0 radical (unpaired) electrons. The average molecular weight is 379 g/mol. The molecule has 1 aromatic carbocycles. The van der Waals surface area contributed by atoms with Crippen molar-refractivity contribution < 1.29 is 9.59 Å². The molecule has 0 bridgehead atoms. The van der Waals surface area contributed by atoms with Crippen LogP contribution in [-0.4, -0.2) is 45.8 Å². The van der Waals surface area contributed by atoms with E-state index in [2.05, 4.69) is 12.1 Å². The van der Waals surface area contributed by atoms with E-state index in [1.54, 1.807) is 20.4 Å². The molecule has 3 heterocycles. The van der Waals surface area contributed by atoms with Crippen molar-refractivity contribution in [2.45, 2.75) is 38.8 Å². The summed E-state index contributed by atoms with van der Waals surface area (Å²) in [6, 6.07) is 11.8. The third-order valence-electron chi connectivity index (χ3n) is 5.65. The smallest absolute Gasteiger partial charge is 0.250 e. The first-order valence-electron chi connectivity index (χ1n) is 9.92. The monoisotopic (exact) mass is 379 g/mol. The van der Waals surface area contributed by atoms with E-state index < -0.39 is 0 Å². The first kappa shape index (κ1) is 18.5. The summed E-state index contributed by atoms with van der Waals surface area (Å²) < 4.78 is 1.74. The van der Waals surface area contributed by atoms with Gasteiger partial charge in [0.25, 0.3) is 5.56 Å². The van der Waals surface area contributed by atoms with E-state index >= 15 is 0 Å². The molecule has 1 aromatic heterocycles. The highest BCUT2D eigenvalue weighted by molar-refractivity contribution is 5.86. The van der Waals surface area contributed by atoms with Gasteiger partial charge in [0.1, 0.15) is 0 Å². The minimum Gasteiger partial charge on any atom is -0.336 e. The van der Waals surface area contributed by atoms with Crippen molar-refractivity contribution in [3.8, 4) is 0 Å². The Bertz CT molecular complexity index is 936. The van der Waals surface area contributed by atoms with Gasteiger partial charge in [-0.15, -0.1) is 0 Å².